The first-order valence-electron chi connectivity index (χ1n) is 9.24. The molecule has 2 heterocycles. The van der Waals surface area contributed by atoms with E-state index in [1.807, 2.05) is 60.8 Å². The van der Waals surface area contributed by atoms with E-state index in [-0.39, 0.29) is 11.5 Å². The Morgan fingerprint density at radius 3 is 2.50 bits per heavy atom. The van der Waals surface area contributed by atoms with E-state index < -0.39 is 0 Å². The van der Waals surface area contributed by atoms with Gasteiger partial charge in [-0.25, -0.2) is 0 Å². The summed E-state index contributed by atoms with van der Waals surface area (Å²) in [5.74, 6) is -0.00957. The number of aromatic amines is 1. The molecule has 0 unspecified atom stereocenters. The second-order valence-electron chi connectivity index (χ2n) is 6.80. The van der Waals surface area contributed by atoms with Gasteiger partial charge in [-0.05, 0) is 28.8 Å². The van der Waals surface area contributed by atoms with E-state index in [0.717, 1.165) is 27.6 Å². The number of amides is 1. The minimum Gasteiger partial charge on any atom is -0.361 e. The molecule has 5 heteroatoms. The van der Waals surface area contributed by atoms with Gasteiger partial charge in [0.05, 0.1) is 13.0 Å². The Hall–Kier alpha value is -3.60. The highest BCUT2D eigenvalue weighted by atomic mass is 16.1. The maximum atomic E-state index is 12.3. The number of pyridine rings is 1. The number of carbonyl (C=O) groups excluding carboxylic acids is 1. The minimum absolute atomic E-state index is 0.00957. The monoisotopic (exact) mass is 371 g/mol. The Balaban J connectivity index is 1.34. The Bertz CT molecular complexity index is 1160. The van der Waals surface area contributed by atoms with E-state index in [0.29, 0.717) is 19.5 Å². The van der Waals surface area contributed by atoms with Gasteiger partial charge in [-0.2, -0.15) is 0 Å². The number of para-hydroxylation sites is 1. The van der Waals surface area contributed by atoms with Gasteiger partial charge in [-0.15, -0.1) is 0 Å². The number of nitrogens with zero attached hydrogens (tertiary/aromatic N) is 1. The second kappa shape index (κ2) is 7.96. The Morgan fingerprint density at radius 2 is 1.68 bits per heavy atom. The molecule has 0 aliphatic heterocycles. The molecule has 0 bridgehead atoms. The molecule has 140 valence electrons. The van der Waals surface area contributed by atoms with Gasteiger partial charge in [0.1, 0.15) is 0 Å². The molecule has 0 radical (unpaired) electrons. The molecule has 0 aliphatic rings. The van der Waals surface area contributed by atoms with Crippen molar-refractivity contribution in [3.05, 3.63) is 106 Å². The standard InChI is InChI=1S/C23H21N3O2/c27-22(13-19-15-24-21-6-2-1-5-20(19)21)25-14-17-8-10-18(11-9-17)16-26-12-4-3-7-23(26)28/h1-12,15,24H,13-14,16H2,(H,25,27). The summed E-state index contributed by atoms with van der Waals surface area (Å²) in [7, 11) is 0. The van der Waals surface area contributed by atoms with E-state index >= 15 is 0 Å². The van der Waals surface area contributed by atoms with Crippen LogP contribution in [-0.2, 0) is 24.3 Å². The van der Waals surface area contributed by atoms with Gasteiger partial charge in [-0.3, -0.25) is 9.59 Å². The molecule has 0 fully saturated rings. The van der Waals surface area contributed by atoms with E-state index in [9.17, 15) is 9.59 Å². The first-order chi connectivity index (χ1) is 13.7. The van der Waals surface area contributed by atoms with Crippen molar-refractivity contribution in [1.29, 1.82) is 0 Å². The summed E-state index contributed by atoms with van der Waals surface area (Å²) in [6, 6.07) is 21.0. The Labute approximate surface area is 162 Å². The lowest BCUT2D eigenvalue weighted by Crippen LogP contribution is -2.24. The van der Waals surface area contributed by atoms with E-state index in [4.69, 9.17) is 0 Å². The van der Waals surface area contributed by atoms with E-state index in [2.05, 4.69) is 10.3 Å². The average Bonchev–Trinajstić information content (AvgIpc) is 3.12. The first kappa shape index (κ1) is 17.8. The summed E-state index contributed by atoms with van der Waals surface area (Å²) in [6.07, 6.45) is 4.02. The van der Waals surface area contributed by atoms with Crippen LogP contribution >= 0.6 is 0 Å². The Morgan fingerprint density at radius 1 is 0.929 bits per heavy atom. The highest BCUT2D eigenvalue weighted by Crippen LogP contribution is 2.18. The molecule has 4 aromatic rings. The highest BCUT2D eigenvalue weighted by Gasteiger charge is 2.08. The predicted octanol–water partition coefficient (Wildman–Crippen LogP) is 3.24. The smallest absolute Gasteiger partial charge is 0.250 e. The maximum absolute atomic E-state index is 12.3. The third-order valence-corrected chi connectivity index (χ3v) is 4.79. The molecule has 2 N–H and O–H groups in total. The average molecular weight is 371 g/mol. The van der Waals surface area contributed by atoms with Gasteiger partial charge in [-0.1, -0.05) is 48.5 Å². The van der Waals surface area contributed by atoms with Crippen molar-refractivity contribution in [3.63, 3.8) is 0 Å². The van der Waals surface area contributed by atoms with Crippen LogP contribution in [0.15, 0.2) is 83.9 Å². The summed E-state index contributed by atoms with van der Waals surface area (Å²) >= 11 is 0. The molecule has 0 aliphatic carbocycles. The quantitative estimate of drug-likeness (QED) is 0.546. The van der Waals surface area contributed by atoms with E-state index in [1.165, 1.54) is 0 Å². The number of aromatic nitrogens is 2. The number of carbonyl (C=O) groups is 1. The lowest BCUT2D eigenvalue weighted by Gasteiger charge is -2.08. The molecule has 0 spiro atoms. The van der Waals surface area contributed by atoms with Crippen LogP contribution in [0.3, 0.4) is 0 Å². The van der Waals surface area contributed by atoms with Crippen LogP contribution in [0.5, 0.6) is 0 Å². The molecule has 0 saturated heterocycles. The number of nitrogens with one attached hydrogen (secondary N) is 2. The summed E-state index contributed by atoms with van der Waals surface area (Å²) < 4.78 is 1.66. The van der Waals surface area contributed by atoms with Gasteiger partial charge in [0.2, 0.25) is 5.91 Å². The molecular formula is C23H21N3O2. The van der Waals surface area contributed by atoms with Crippen molar-refractivity contribution in [2.75, 3.05) is 0 Å². The van der Waals surface area contributed by atoms with E-state index in [1.54, 1.807) is 22.9 Å². The van der Waals surface area contributed by atoms with Crippen LogP contribution in [0.25, 0.3) is 10.9 Å². The summed E-state index contributed by atoms with van der Waals surface area (Å²) in [6.45, 7) is 1.01. The second-order valence-corrected chi connectivity index (χ2v) is 6.80. The third kappa shape index (κ3) is 4.04. The first-order valence-corrected chi connectivity index (χ1v) is 9.24. The third-order valence-electron chi connectivity index (χ3n) is 4.79. The lowest BCUT2D eigenvalue weighted by molar-refractivity contribution is -0.120. The van der Waals surface area contributed by atoms with Crippen LogP contribution in [0.1, 0.15) is 16.7 Å². The fourth-order valence-electron chi connectivity index (χ4n) is 3.26. The van der Waals surface area contributed by atoms with Gasteiger partial charge < -0.3 is 14.9 Å². The van der Waals surface area contributed by atoms with Crippen molar-refractivity contribution in [1.82, 2.24) is 14.9 Å². The van der Waals surface area contributed by atoms with Crippen molar-refractivity contribution >= 4 is 16.8 Å². The largest absolute Gasteiger partial charge is 0.361 e. The molecule has 1 amide bonds. The molecule has 4 rings (SSSR count). The molecule has 0 saturated carbocycles. The van der Waals surface area contributed by atoms with Gasteiger partial charge >= 0.3 is 0 Å². The zero-order chi connectivity index (χ0) is 19.3. The van der Waals surface area contributed by atoms with Crippen molar-refractivity contribution in [3.8, 4) is 0 Å². The van der Waals surface area contributed by atoms with Gasteiger partial charge in [0, 0.05) is 35.9 Å². The fraction of sp³-hybridized carbons (Fsp3) is 0.130. The maximum Gasteiger partial charge on any atom is 0.250 e. The van der Waals surface area contributed by atoms with Crippen LogP contribution in [0, 0.1) is 0 Å². The normalized spacial score (nSPS) is 10.9. The number of benzene rings is 2. The summed E-state index contributed by atoms with van der Waals surface area (Å²) in [4.78, 5) is 27.3. The Kier molecular flexibility index (Phi) is 5.06. The highest BCUT2D eigenvalue weighted by molar-refractivity contribution is 5.88. The number of H-pyrrole nitrogens is 1. The number of hydrogen-bond donors (Lipinski definition) is 2. The molecule has 0 atom stereocenters. The van der Waals surface area contributed by atoms with Gasteiger partial charge in [0.25, 0.3) is 5.56 Å². The predicted molar refractivity (Wildman–Crippen MR) is 110 cm³/mol. The molecule has 2 aromatic heterocycles. The van der Waals surface area contributed by atoms with Crippen LogP contribution in [0.2, 0.25) is 0 Å². The molecule has 28 heavy (non-hydrogen) atoms. The summed E-state index contributed by atoms with van der Waals surface area (Å²) in [5.41, 5.74) is 4.09. The minimum atomic E-state index is -0.0175. The van der Waals surface area contributed by atoms with Gasteiger partial charge in [0.15, 0.2) is 0 Å². The van der Waals surface area contributed by atoms with Crippen molar-refractivity contribution in [2.24, 2.45) is 0 Å². The molecular weight excluding hydrogens is 350 g/mol. The zero-order valence-electron chi connectivity index (χ0n) is 15.4. The number of fused-ring (bicyclic) bond motifs is 1. The number of hydrogen-bond acceptors (Lipinski definition) is 2. The number of rotatable bonds is 6. The zero-order valence-corrected chi connectivity index (χ0v) is 15.4. The summed E-state index contributed by atoms with van der Waals surface area (Å²) in [5, 5.41) is 4.05. The van der Waals surface area contributed by atoms with Crippen LogP contribution in [0.4, 0.5) is 0 Å². The lowest BCUT2D eigenvalue weighted by atomic mass is 10.1. The molecule has 2 aromatic carbocycles. The SMILES string of the molecule is O=C(Cc1c[nH]c2ccccc12)NCc1ccc(Cn2ccccc2=O)cc1. The van der Waals surface area contributed by atoms with Crippen molar-refractivity contribution in [2.45, 2.75) is 19.5 Å². The van der Waals surface area contributed by atoms with Crippen LogP contribution in [-0.4, -0.2) is 15.5 Å². The topological polar surface area (TPSA) is 66.9 Å². The van der Waals surface area contributed by atoms with Crippen molar-refractivity contribution < 1.29 is 4.79 Å². The molecule has 5 nitrogen and oxygen atoms in total. The van der Waals surface area contributed by atoms with Crippen LogP contribution < -0.4 is 10.9 Å². The fourth-order valence-corrected chi connectivity index (χ4v) is 3.26.